The van der Waals surface area contributed by atoms with Gasteiger partial charge in [0.25, 0.3) is 0 Å². The molecule has 8 rings (SSSR count). The van der Waals surface area contributed by atoms with Crippen molar-refractivity contribution in [2.45, 2.75) is 58.3 Å². The lowest BCUT2D eigenvalue weighted by Crippen LogP contribution is -2.54. The predicted molar refractivity (Wildman–Crippen MR) is 152 cm³/mol. The number of aromatic nitrogens is 1. The first kappa shape index (κ1) is 25.1. The number of ether oxygens (including phenoxy) is 2. The van der Waals surface area contributed by atoms with Crippen LogP contribution in [0, 0.1) is 25.7 Å². The molecular weight excluding hydrogens is 510 g/mol. The predicted octanol–water partition coefficient (Wildman–Crippen LogP) is 5.06. The maximum atomic E-state index is 11.8. The number of hydrogen-bond acceptors (Lipinski definition) is 7. The number of benzene rings is 2. The highest BCUT2D eigenvalue weighted by Gasteiger charge is 2.64. The fraction of sp³-hybridized carbons (Fsp3) is 0.484. The number of nitrogens with zero attached hydrogens (tertiary/aromatic N) is 3. The van der Waals surface area contributed by atoms with E-state index >= 15 is 0 Å². The first-order chi connectivity index (χ1) is 18.8. The third-order valence-electron chi connectivity index (χ3n) is 9.50. The largest absolute Gasteiger partial charge is 0.488 e. The average molecular weight is 546 g/mol. The van der Waals surface area contributed by atoms with Crippen molar-refractivity contribution >= 4 is 22.4 Å². The second-order valence-electron chi connectivity index (χ2n) is 12.0. The number of anilines is 1. The van der Waals surface area contributed by atoms with Crippen LogP contribution in [0.4, 0.5) is 5.13 Å². The van der Waals surface area contributed by atoms with Gasteiger partial charge in [-0.1, -0.05) is 24.3 Å². The molecule has 2 bridgehead atoms. The summed E-state index contributed by atoms with van der Waals surface area (Å²) in [5, 5.41) is 12.7. The molecule has 4 fully saturated rings. The fourth-order valence-corrected chi connectivity index (χ4v) is 8.25. The van der Waals surface area contributed by atoms with Crippen molar-refractivity contribution in [3.05, 3.63) is 63.5 Å². The third kappa shape index (κ3) is 4.07. The third-order valence-corrected chi connectivity index (χ3v) is 10.4. The molecule has 8 heteroatoms. The molecule has 0 spiro atoms. The lowest BCUT2D eigenvalue weighted by molar-refractivity contribution is -0.149. The molecule has 1 unspecified atom stereocenters. The van der Waals surface area contributed by atoms with Crippen LogP contribution in [0.5, 0.6) is 5.75 Å². The number of aliphatic carboxylic acids is 1. The van der Waals surface area contributed by atoms with Gasteiger partial charge in [0.05, 0.1) is 36.4 Å². The van der Waals surface area contributed by atoms with E-state index in [0.717, 1.165) is 73.4 Å². The lowest BCUT2D eigenvalue weighted by atomic mass is 9.64. The van der Waals surface area contributed by atoms with Crippen LogP contribution in [0.15, 0.2) is 35.7 Å². The Bertz CT molecular complexity index is 1450. The number of rotatable bonds is 7. The summed E-state index contributed by atoms with van der Waals surface area (Å²) in [7, 11) is 0. The summed E-state index contributed by atoms with van der Waals surface area (Å²) in [5.41, 5.74) is 8.04. The van der Waals surface area contributed by atoms with Crippen molar-refractivity contribution in [3.63, 3.8) is 0 Å². The molecule has 5 aliphatic rings. The minimum atomic E-state index is -0.690. The van der Waals surface area contributed by atoms with Crippen molar-refractivity contribution in [3.8, 4) is 17.0 Å². The Hall–Kier alpha value is -2.94. The van der Waals surface area contributed by atoms with Gasteiger partial charge in [-0.2, -0.15) is 0 Å². The smallest absolute Gasteiger partial charge is 0.309 e. The van der Waals surface area contributed by atoms with Gasteiger partial charge in [0, 0.05) is 30.6 Å². The van der Waals surface area contributed by atoms with Crippen LogP contribution in [0.3, 0.4) is 0 Å². The van der Waals surface area contributed by atoms with Crippen LogP contribution >= 0.6 is 11.3 Å². The van der Waals surface area contributed by atoms with E-state index in [-0.39, 0.29) is 17.4 Å². The Morgan fingerprint density at radius 1 is 1.26 bits per heavy atom. The highest BCUT2D eigenvalue weighted by molar-refractivity contribution is 7.14. The summed E-state index contributed by atoms with van der Waals surface area (Å²) in [5.74, 6) is 0.0810. The Balaban J connectivity index is 1.10. The van der Waals surface area contributed by atoms with Crippen LogP contribution in [-0.2, 0) is 29.1 Å². The minimum absolute atomic E-state index is 0.216. The molecule has 7 nitrogen and oxygen atoms in total. The molecule has 1 aromatic heterocycles. The summed E-state index contributed by atoms with van der Waals surface area (Å²) >= 11 is 1.59. The van der Waals surface area contributed by atoms with Crippen molar-refractivity contribution in [1.82, 2.24) is 9.88 Å². The summed E-state index contributed by atoms with van der Waals surface area (Å²) in [6, 6.07) is 11.4. The number of thiazole rings is 1. The fourth-order valence-electron chi connectivity index (χ4n) is 7.29. The van der Waals surface area contributed by atoms with Crippen molar-refractivity contribution in [1.29, 1.82) is 0 Å². The first-order valence-corrected chi connectivity index (χ1v) is 14.8. The molecular formula is C31H35N3O4S. The van der Waals surface area contributed by atoms with Gasteiger partial charge in [-0.25, -0.2) is 4.98 Å². The topological polar surface area (TPSA) is 75.1 Å². The number of hydrogen-bond donors (Lipinski definition) is 1. The van der Waals surface area contributed by atoms with Crippen molar-refractivity contribution in [2.24, 2.45) is 11.8 Å². The standard InChI is InChI=1S/C31H35N3O4S/c1-18-5-4-6-24(26-17-39-30(32-26)34-12-22-11-31(34,3)27(22)29(35)36)28(18)38-14-20-9-19(2)25-13-33(23-15-37-16-23)8-7-21(25)10-20/h4-6,9-10,17,22-23,27H,7-8,11-16H2,1-3H3,(H,35,36)/t22-,27-,31?/m1/s1. The van der Waals surface area contributed by atoms with Gasteiger partial charge >= 0.3 is 5.97 Å². The SMILES string of the molecule is Cc1cc(COc2c(C)cccc2-c2csc(N3C[C@H]4CC3(C)[C@H]4C(=O)O)n2)cc2c1CN(C1COC1)CC2. The zero-order chi connectivity index (χ0) is 26.9. The van der Waals surface area contributed by atoms with E-state index in [1.54, 1.807) is 11.3 Å². The Kier molecular flexibility index (Phi) is 5.99. The molecule has 4 aliphatic heterocycles. The molecule has 3 saturated heterocycles. The summed E-state index contributed by atoms with van der Waals surface area (Å²) < 4.78 is 11.9. The summed E-state index contributed by atoms with van der Waals surface area (Å²) in [4.78, 5) is 21.6. The quantitative estimate of drug-likeness (QED) is 0.445. The maximum Gasteiger partial charge on any atom is 0.309 e. The zero-order valence-electron chi connectivity index (χ0n) is 22.8. The number of carboxylic acid groups (broad SMARTS) is 1. The summed E-state index contributed by atoms with van der Waals surface area (Å²) in [6.07, 6.45) is 1.99. The van der Waals surface area contributed by atoms with Crippen LogP contribution in [0.2, 0.25) is 0 Å². The average Bonchev–Trinajstić information content (AvgIpc) is 3.54. The molecule has 3 aromatic rings. The first-order valence-electron chi connectivity index (χ1n) is 13.9. The number of carbonyl (C=O) groups is 1. The minimum Gasteiger partial charge on any atom is -0.488 e. The van der Waals surface area contributed by atoms with Crippen LogP contribution in [0.25, 0.3) is 11.3 Å². The summed E-state index contributed by atoms with van der Waals surface area (Å²) in [6.45, 7) is 11.5. The van der Waals surface area contributed by atoms with Crippen molar-refractivity contribution in [2.75, 3.05) is 31.2 Å². The molecule has 1 aliphatic carbocycles. The molecule has 2 aromatic carbocycles. The molecule has 0 amide bonds. The maximum absolute atomic E-state index is 11.8. The Morgan fingerprint density at radius 2 is 2.10 bits per heavy atom. The van der Waals surface area contributed by atoms with E-state index in [2.05, 4.69) is 60.2 Å². The second-order valence-corrected chi connectivity index (χ2v) is 12.8. The van der Waals surface area contributed by atoms with E-state index < -0.39 is 5.97 Å². The van der Waals surface area contributed by atoms with Gasteiger partial charge in [-0.15, -0.1) is 11.3 Å². The van der Waals surface area contributed by atoms with Gasteiger partial charge in [-0.05, 0) is 73.4 Å². The van der Waals surface area contributed by atoms with Crippen LogP contribution < -0.4 is 9.64 Å². The molecule has 1 N–H and O–H groups in total. The molecule has 1 saturated carbocycles. The monoisotopic (exact) mass is 545 g/mol. The lowest BCUT2D eigenvalue weighted by Gasteiger charge is -2.44. The zero-order valence-corrected chi connectivity index (χ0v) is 23.6. The Morgan fingerprint density at radius 3 is 2.85 bits per heavy atom. The molecule has 3 atom stereocenters. The van der Waals surface area contributed by atoms with Gasteiger partial charge in [0.15, 0.2) is 5.13 Å². The molecule has 39 heavy (non-hydrogen) atoms. The van der Waals surface area contributed by atoms with E-state index in [9.17, 15) is 9.90 Å². The highest BCUT2D eigenvalue weighted by atomic mass is 32.1. The molecule has 0 radical (unpaired) electrons. The van der Waals surface area contributed by atoms with Crippen LogP contribution in [-0.4, -0.2) is 58.8 Å². The van der Waals surface area contributed by atoms with E-state index in [1.807, 2.05) is 6.07 Å². The number of fused-ring (bicyclic) bond motifs is 2. The van der Waals surface area contributed by atoms with Gasteiger partial charge in [0.1, 0.15) is 12.4 Å². The van der Waals surface area contributed by atoms with Gasteiger partial charge < -0.3 is 19.5 Å². The van der Waals surface area contributed by atoms with E-state index in [1.165, 1.54) is 22.3 Å². The molecule has 5 heterocycles. The molecule has 204 valence electrons. The number of aryl methyl sites for hydroxylation is 2. The van der Waals surface area contributed by atoms with Gasteiger partial charge in [-0.3, -0.25) is 9.69 Å². The van der Waals surface area contributed by atoms with Crippen molar-refractivity contribution < 1.29 is 19.4 Å². The van der Waals surface area contributed by atoms with E-state index in [0.29, 0.717) is 12.6 Å². The normalized spacial score (nSPS) is 26.2. The van der Waals surface area contributed by atoms with E-state index in [4.69, 9.17) is 14.5 Å². The highest BCUT2D eigenvalue weighted by Crippen LogP contribution is 2.57. The Labute approximate surface area is 233 Å². The van der Waals surface area contributed by atoms with Gasteiger partial charge in [0.2, 0.25) is 0 Å². The van der Waals surface area contributed by atoms with Crippen LogP contribution in [0.1, 0.15) is 41.2 Å². The number of carboxylic acids is 1. The number of para-hydroxylation sites is 1. The second kappa shape index (κ2) is 9.32.